The van der Waals surface area contributed by atoms with E-state index in [1.165, 1.54) is 11.6 Å². The molecule has 0 spiro atoms. The Morgan fingerprint density at radius 1 is 1.41 bits per heavy atom. The molecule has 0 amide bonds. The van der Waals surface area contributed by atoms with Gasteiger partial charge >= 0.3 is 0 Å². The normalized spacial score (nSPS) is 17.5. The number of nitrogens with zero attached hydrogens (tertiary/aromatic N) is 2. The lowest BCUT2D eigenvalue weighted by Crippen LogP contribution is -2.25. The van der Waals surface area contributed by atoms with Gasteiger partial charge < -0.3 is 10.1 Å². The van der Waals surface area contributed by atoms with Gasteiger partial charge in [0.15, 0.2) is 0 Å². The molecule has 1 aliphatic rings. The maximum atomic E-state index is 13.7. The van der Waals surface area contributed by atoms with Crippen LogP contribution in [0.15, 0.2) is 30.5 Å². The predicted molar refractivity (Wildman–Crippen MR) is 83.0 cm³/mol. The third kappa shape index (κ3) is 3.36. The van der Waals surface area contributed by atoms with E-state index in [0.29, 0.717) is 18.7 Å². The third-order valence-electron chi connectivity index (χ3n) is 4.16. The van der Waals surface area contributed by atoms with Crippen LogP contribution in [0.1, 0.15) is 35.7 Å². The summed E-state index contributed by atoms with van der Waals surface area (Å²) in [6.07, 6.45) is 5.37. The van der Waals surface area contributed by atoms with Gasteiger partial charge in [0.1, 0.15) is 5.82 Å². The fourth-order valence-corrected chi connectivity index (χ4v) is 2.97. The van der Waals surface area contributed by atoms with Crippen molar-refractivity contribution in [3.05, 3.63) is 53.1 Å². The van der Waals surface area contributed by atoms with Gasteiger partial charge in [-0.05, 0) is 30.9 Å². The lowest BCUT2D eigenvalue weighted by Gasteiger charge is -2.22. The molecular weight excluding hydrogens is 281 g/mol. The first-order valence-corrected chi connectivity index (χ1v) is 7.80. The van der Waals surface area contributed by atoms with E-state index in [4.69, 9.17) is 4.74 Å². The molecule has 0 fully saturated rings. The van der Waals surface area contributed by atoms with Crippen LogP contribution in [0.3, 0.4) is 0 Å². The maximum absolute atomic E-state index is 13.7. The number of halogens is 1. The van der Waals surface area contributed by atoms with Crippen molar-refractivity contribution >= 4 is 0 Å². The first-order chi connectivity index (χ1) is 10.8. The minimum atomic E-state index is -0.156. The van der Waals surface area contributed by atoms with Crippen molar-refractivity contribution < 1.29 is 9.13 Å². The molecule has 1 aromatic carbocycles. The molecule has 1 heterocycles. The minimum Gasteiger partial charge on any atom is -0.383 e. The Bertz CT molecular complexity index is 626. The Hall–Kier alpha value is -1.72. The summed E-state index contributed by atoms with van der Waals surface area (Å²) >= 11 is 0. The van der Waals surface area contributed by atoms with Crippen LogP contribution in [-0.2, 0) is 24.2 Å². The molecule has 0 radical (unpaired) electrons. The fraction of sp³-hybridized carbons (Fsp3) is 0.471. The second-order valence-corrected chi connectivity index (χ2v) is 5.71. The number of rotatable bonds is 6. The monoisotopic (exact) mass is 303 g/mol. The van der Waals surface area contributed by atoms with Crippen molar-refractivity contribution in [2.24, 2.45) is 0 Å². The van der Waals surface area contributed by atoms with Gasteiger partial charge in [0.25, 0.3) is 0 Å². The number of methoxy groups -OCH3 is 1. The number of aromatic nitrogens is 2. The Morgan fingerprint density at radius 2 is 2.27 bits per heavy atom. The highest BCUT2D eigenvalue weighted by molar-refractivity contribution is 5.24. The highest BCUT2D eigenvalue weighted by atomic mass is 19.1. The average molecular weight is 303 g/mol. The zero-order chi connectivity index (χ0) is 15.4. The van der Waals surface area contributed by atoms with Crippen molar-refractivity contribution in [3.63, 3.8) is 0 Å². The van der Waals surface area contributed by atoms with Gasteiger partial charge in [0.2, 0.25) is 0 Å². The van der Waals surface area contributed by atoms with Crippen molar-refractivity contribution in [3.8, 4) is 0 Å². The molecule has 4 nitrogen and oxygen atoms in total. The zero-order valence-corrected chi connectivity index (χ0v) is 12.9. The van der Waals surface area contributed by atoms with Crippen LogP contribution < -0.4 is 5.32 Å². The number of benzene rings is 1. The molecule has 1 aliphatic carbocycles. The largest absolute Gasteiger partial charge is 0.383 e. The highest BCUT2D eigenvalue weighted by Crippen LogP contribution is 2.28. The summed E-state index contributed by atoms with van der Waals surface area (Å²) in [4.78, 5) is 0. The lowest BCUT2D eigenvalue weighted by atomic mass is 9.93. The SMILES string of the molecule is COCCn1cc2c(n1)[C@H](NCc1ccccc1F)CCC2. The van der Waals surface area contributed by atoms with Gasteiger partial charge in [-0.15, -0.1) is 0 Å². The Labute approximate surface area is 130 Å². The van der Waals surface area contributed by atoms with Gasteiger partial charge in [-0.25, -0.2) is 4.39 Å². The van der Waals surface area contributed by atoms with E-state index in [1.807, 2.05) is 16.8 Å². The first kappa shape index (κ1) is 15.2. The number of hydrogen-bond donors (Lipinski definition) is 1. The van der Waals surface area contributed by atoms with Gasteiger partial charge in [-0.3, -0.25) is 4.68 Å². The summed E-state index contributed by atoms with van der Waals surface area (Å²) < 4.78 is 20.8. The second kappa shape index (κ2) is 7.03. The average Bonchev–Trinajstić information content (AvgIpc) is 2.95. The van der Waals surface area contributed by atoms with Crippen LogP contribution in [0.4, 0.5) is 4.39 Å². The highest BCUT2D eigenvalue weighted by Gasteiger charge is 2.23. The second-order valence-electron chi connectivity index (χ2n) is 5.71. The Morgan fingerprint density at radius 3 is 3.09 bits per heavy atom. The zero-order valence-electron chi connectivity index (χ0n) is 12.9. The van der Waals surface area contributed by atoms with E-state index in [2.05, 4.69) is 16.6 Å². The summed E-state index contributed by atoms with van der Waals surface area (Å²) in [6, 6.07) is 7.11. The molecule has 0 aliphatic heterocycles. The summed E-state index contributed by atoms with van der Waals surface area (Å²) in [6.45, 7) is 1.96. The fourth-order valence-electron chi connectivity index (χ4n) is 2.97. The molecule has 0 bridgehead atoms. The van der Waals surface area contributed by atoms with Crippen LogP contribution in [0, 0.1) is 5.82 Å². The van der Waals surface area contributed by atoms with Crippen molar-refractivity contribution in [2.75, 3.05) is 13.7 Å². The van der Waals surface area contributed by atoms with Crippen LogP contribution >= 0.6 is 0 Å². The molecule has 1 aromatic heterocycles. The van der Waals surface area contributed by atoms with E-state index in [0.717, 1.165) is 31.5 Å². The molecule has 0 saturated carbocycles. The summed E-state index contributed by atoms with van der Waals surface area (Å²) in [5, 5.41) is 8.14. The van der Waals surface area contributed by atoms with Crippen LogP contribution in [0.25, 0.3) is 0 Å². The molecular formula is C17H22FN3O. The quantitative estimate of drug-likeness (QED) is 0.892. The smallest absolute Gasteiger partial charge is 0.127 e. The first-order valence-electron chi connectivity index (χ1n) is 7.80. The molecule has 22 heavy (non-hydrogen) atoms. The summed E-state index contributed by atoms with van der Waals surface area (Å²) in [5.74, 6) is -0.156. The number of ether oxygens (including phenoxy) is 1. The standard InChI is InChI=1S/C17H22FN3O/c1-22-10-9-21-12-14-6-4-8-16(17(14)20-21)19-11-13-5-2-3-7-15(13)18/h2-3,5,7,12,16,19H,4,6,8-11H2,1H3/t16-/m1/s1. The molecule has 1 atom stereocenters. The van der Waals surface area contributed by atoms with E-state index in [1.54, 1.807) is 13.2 Å². The van der Waals surface area contributed by atoms with Crippen LogP contribution in [0.2, 0.25) is 0 Å². The Balaban J connectivity index is 1.69. The molecule has 5 heteroatoms. The predicted octanol–water partition coefficient (Wildman–Crippen LogP) is 2.84. The number of hydrogen-bond acceptors (Lipinski definition) is 3. The number of fused-ring (bicyclic) bond motifs is 1. The molecule has 3 rings (SSSR count). The van der Waals surface area contributed by atoms with Gasteiger partial charge in [-0.1, -0.05) is 18.2 Å². The van der Waals surface area contributed by atoms with Crippen LogP contribution in [0.5, 0.6) is 0 Å². The minimum absolute atomic E-state index is 0.156. The van der Waals surface area contributed by atoms with Crippen molar-refractivity contribution in [1.29, 1.82) is 0 Å². The van der Waals surface area contributed by atoms with E-state index >= 15 is 0 Å². The molecule has 118 valence electrons. The topological polar surface area (TPSA) is 39.1 Å². The van der Waals surface area contributed by atoms with Gasteiger partial charge in [0.05, 0.1) is 24.9 Å². The summed E-state index contributed by atoms with van der Waals surface area (Å²) in [5.41, 5.74) is 3.11. The molecule has 1 N–H and O–H groups in total. The number of aryl methyl sites for hydroxylation is 1. The maximum Gasteiger partial charge on any atom is 0.127 e. The third-order valence-corrected chi connectivity index (χ3v) is 4.16. The summed E-state index contributed by atoms with van der Waals surface area (Å²) in [7, 11) is 1.70. The Kier molecular flexibility index (Phi) is 4.85. The molecule has 2 aromatic rings. The van der Waals surface area contributed by atoms with Crippen molar-refractivity contribution in [2.45, 2.75) is 38.4 Å². The number of nitrogens with one attached hydrogen (secondary N) is 1. The molecule has 0 saturated heterocycles. The van der Waals surface area contributed by atoms with Gasteiger partial charge in [-0.2, -0.15) is 5.10 Å². The van der Waals surface area contributed by atoms with Gasteiger partial charge in [0, 0.05) is 25.4 Å². The van der Waals surface area contributed by atoms with Crippen LogP contribution in [-0.4, -0.2) is 23.5 Å². The van der Waals surface area contributed by atoms with E-state index < -0.39 is 0 Å². The van der Waals surface area contributed by atoms with E-state index in [9.17, 15) is 4.39 Å². The van der Waals surface area contributed by atoms with Crippen molar-refractivity contribution in [1.82, 2.24) is 15.1 Å². The lowest BCUT2D eigenvalue weighted by molar-refractivity contribution is 0.183. The van der Waals surface area contributed by atoms with E-state index in [-0.39, 0.29) is 11.9 Å². The molecule has 0 unspecified atom stereocenters.